The number of carbonyl (C=O) groups excluding carboxylic acids is 2. The maximum absolute atomic E-state index is 12.7. The highest BCUT2D eigenvalue weighted by Gasteiger charge is 2.38. The van der Waals surface area contributed by atoms with Gasteiger partial charge < -0.3 is 5.32 Å². The summed E-state index contributed by atoms with van der Waals surface area (Å²) >= 11 is 7.44. The Labute approximate surface area is 172 Å². The summed E-state index contributed by atoms with van der Waals surface area (Å²) in [5, 5.41) is 6.31. The first kappa shape index (κ1) is 18.7. The van der Waals surface area contributed by atoms with Crippen molar-refractivity contribution in [2.45, 2.75) is 25.4 Å². The number of halogens is 1. The van der Waals surface area contributed by atoms with E-state index in [-0.39, 0.29) is 18.5 Å². The summed E-state index contributed by atoms with van der Waals surface area (Å²) in [5.74, 6) is -0.207. The van der Waals surface area contributed by atoms with Crippen LogP contribution in [0, 0.1) is 0 Å². The Bertz CT molecular complexity index is 988. The fraction of sp³-hybridized carbons (Fsp3) is 0.190. The van der Waals surface area contributed by atoms with Gasteiger partial charge in [-0.2, -0.15) is 0 Å². The van der Waals surface area contributed by atoms with Gasteiger partial charge in [0.1, 0.15) is 6.04 Å². The van der Waals surface area contributed by atoms with Crippen LogP contribution in [0.3, 0.4) is 0 Å². The van der Waals surface area contributed by atoms with Gasteiger partial charge in [-0.3, -0.25) is 9.69 Å². The molecule has 1 N–H and O–H groups in total. The molecule has 0 unspecified atom stereocenters. The summed E-state index contributed by atoms with van der Waals surface area (Å²) in [6.07, 6.45) is 1.18. The van der Waals surface area contributed by atoms with E-state index in [1.54, 1.807) is 0 Å². The predicted octanol–water partition coefficient (Wildman–Crippen LogP) is 4.05. The number of thiazole rings is 1. The molecule has 7 heteroatoms. The maximum atomic E-state index is 12.7. The molecule has 1 saturated heterocycles. The van der Waals surface area contributed by atoms with Crippen LogP contribution < -0.4 is 5.32 Å². The second-order valence-electron chi connectivity index (χ2n) is 6.65. The van der Waals surface area contributed by atoms with E-state index in [0.717, 1.165) is 21.8 Å². The lowest BCUT2D eigenvalue weighted by Crippen LogP contribution is -2.32. The topological polar surface area (TPSA) is 62.3 Å². The van der Waals surface area contributed by atoms with Crippen molar-refractivity contribution in [3.63, 3.8) is 0 Å². The quantitative estimate of drug-likeness (QED) is 0.622. The summed E-state index contributed by atoms with van der Waals surface area (Å²) in [4.78, 5) is 30.8. The number of amides is 3. The summed E-state index contributed by atoms with van der Waals surface area (Å²) < 4.78 is 0. The molecule has 0 bridgehead atoms. The van der Waals surface area contributed by atoms with E-state index < -0.39 is 6.04 Å². The van der Waals surface area contributed by atoms with Gasteiger partial charge in [-0.15, -0.1) is 11.3 Å². The smallest absolute Gasteiger partial charge is 0.325 e. The van der Waals surface area contributed by atoms with E-state index in [4.69, 9.17) is 11.6 Å². The van der Waals surface area contributed by atoms with Crippen LogP contribution in [0.25, 0.3) is 0 Å². The lowest BCUT2D eigenvalue weighted by molar-refractivity contribution is -0.127. The van der Waals surface area contributed by atoms with Gasteiger partial charge in [-0.05, 0) is 23.3 Å². The van der Waals surface area contributed by atoms with Crippen molar-refractivity contribution in [3.05, 3.63) is 86.8 Å². The molecule has 2 heterocycles. The van der Waals surface area contributed by atoms with E-state index >= 15 is 0 Å². The second-order valence-corrected chi connectivity index (χ2v) is 8.03. The van der Waals surface area contributed by atoms with Crippen LogP contribution in [0.4, 0.5) is 4.79 Å². The number of urea groups is 1. The Balaban J connectivity index is 1.40. The third-order valence-corrected chi connectivity index (χ3v) is 5.73. The molecular weight excluding hydrogens is 394 g/mol. The van der Waals surface area contributed by atoms with Gasteiger partial charge >= 0.3 is 6.03 Å². The number of benzene rings is 2. The SMILES string of the molecule is O=C1N[C@@H](Cc2ccccc2)C(=O)N1Cc1csc(Cc2ccc(Cl)cc2)n1. The van der Waals surface area contributed by atoms with Crippen molar-refractivity contribution in [2.24, 2.45) is 0 Å². The molecule has 3 aromatic rings. The van der Waals surface area contributed by atoms with Crippen LogP contribution in [-0.2, 0) is 24.2 Å². The number of aromatic nitrogens is 1. The Morgan fingerprint density at radius 1 is 1.04 bits per heavy atom. The summed E-state index contributed by atoms with van der Waals surface area (Å²) in [6, 6.07) is 16.4. The zero-order valence-electron chi connectivity index (χ0n) is 15.0. The van der Waals surface area contributed by atoms with Gasteiger partial charge in [0.2, 0.25) is 0 Å². The maximum Gasteiger partial charge on any atom is 0.325 e. The van der Waals surface area contributed by atoms with Crippen molar-refractivity contribution < 1.29 is 9.59 Å². The van der Waals surface area contributed by atoms with Gasteiger partial charge in [0, 0.05) is 23.2 Å². The molecule has 1 fully saturated rings. The van der Waals surface area contributed by atoms with Gasteiger partial charge in [-0.25, -0.2) is 9.78 Å². The van der Waals surface area contributed by atoms with Crippen molar-refractivity contribution in [1.82, 2.24) is 15.2 Å². The molecule has 1 aliphatic heterocycles. The Hall–Kier alpha value is -2.70. The third-order valence-electron chi connectivity index (χ3n) is 4.58. The highest BCUT2D eigenvalue weighted by atomic mass is 35.5. The monoisotopic (exact) mass is 411 g/mol. The number of hydrogen-bond donors (Lipinski definition) is 1. The van der Waals surface area contributed by atoms with Gasteiger partial charge in [0.05, 0.1) is 17.2 Å². The summed E-state index contributed by atoms with van der Waals surface area (Å²) in [5.41, 5.74) is 2.85. The molecule has 0 radical (unpaired) electrons. The third kappa shape index (κ3) is 4.24. The minimum atomic E-state index is -0.526. The van der Waals surface area contributed by atoms with Crippen LogP contribution in [-0.4, -0.2) is 27.9 Å². The van der Waals surface area contributed by atoms with Crippen molar-refractivity contribution in [2.75, 3.05) is 0 Å². The summed E-state index contributed by atoms with van der Waals surface area (Å²) in [6.45, 7) is 0.188. The van der Waals surface area contributed by atoms with Crippen molar-refractivity contribution in [1.29, 1.82) is 0 Å². The van der Waals surface area contributed by atoms with Crippen molar-refractivity contribution >= 4 is 34.9 Å². The lowest BCUT2D eigenvalue weighted by Gasteiger charge is -2.11. The fourth-order valence-electron chi connectivity index (χ4n) is 3.16. The molecule has 0 saturated carbocycles. The highest BCUT2D eigenvalue weighted by molar-refractivity contribution is 7.09. The Morgan fingerprint density at radius 2 is 1.79 bits per heavy atom. The van der Waals surface area contributed by atoms with E-state index in [1.807, 2.05) is 60.0 Å². The molecule has 4 rings (SSSR count). The molecule has 0 aliphatic carbocycles. The average molecular weight is 412 g/mol. The van der Waals surface area contributed by atoms with Gasteiger partial charge in [0.15, 0.2) is 0 Å². The highest BCUT2D eigenvalue weighted by Crippen LogP contribution is 2.20. The molecule has 0 spiro atoms. The zero-order chi connectivity index (χ0) is 19.5. The summed E-state index contributed by atoms with van der Waals surface area (Å²) in [7, 11) is 0. The fourth-order valence-corrected chi connectivity index (χ4v) is 4.10. The van der Waals surface area contributed by atoms with E-state index in [9.17, 15) is 9.59 Å². The van der Waals surface area contributed by atoms with Gasteiger partial charge in [-0.1, -0.05) is 54.1 Å². The number of nitrogens with one attached hydrogen (secondary N) is 1. The van der Waals surface area contributed by atoms with Crippen LogP contribution in [0.15, 0.2) is 60.0 Å². The Morgan fingerprint density at radius 3 is 2.54 bits per heavy atom. The van der Waals surface area contributed by atoms with Gasteiger partial charge in [0.25, 0.3) is 5.91 Å². The second kappa shape index (κ2) is 8.12. The number of carbonyl (C=O) groups is 2. The van der Waals surface area contributed by atoms with E-state index in [2.05, 4.69) is 10.3 Å². The minimum absolute atomic E-state index is 0.188. The van der Waals surface area contributed by atoms with E-state index in [1.165, 1.54) is 16.2 Å². The van der Waals surface area contributed by atoms with Crippen LogP contribution in [0.2, 0.25) is 5.02 Å². The zero-order valence-corrected chi connectivity index (χ0v) is 16.5. The average Bonchev–Trinajstić information content (AvgIpc) is 3.24. The predicted molar refractivity (Wildman–Crippen MR) is 109 cm³/mol. The molecule has 1 atom stereocenters. The molecule has 5 nitrogen and oxygen atoms in total. The Kier molecular flexibility index (Phi) is 5.41. The van der Waals surface area contributed by atoms with Crippen LogP contribution >= 0.6 is 22.9 Å². The lowest BCUT2D eigenvalue weighted by atomic mass is 10.1. The molecule has 1 aromatic heterocycles. The first-order chi connectivity index (χ1) is 13.6. The van der Waals surface area contributed by atoms with Crippen molar-refractivity contribution in [3.8, 4) is 0 Å². The van der Waals surface area contributed by atoms with Crippen LogP contribution in [0.1, 0.15) is 21.8 Å². The minimum Gasteiger partial charge on any atom is -0.325 e. The normalized spacial score (nSPS) is 16.5. The molecule has 28 heavy (non-hydrogen) atoms. The molecule has 1 aliphatic rings. The number of rotatable bonds is 6. The largest absolute Gasteiger partial charge is 0.325 e. The molecule has 2 aromatic carbocycles. The van der Waals surface area contributed by atoms with E-state index in [0.29, 0.717) is 17.9 Å². The molecular formula is C21H18ClN3O2S. The molecule has 3 amide bonds. The number of nitrogens with zero attached hydrogens (tertiary/aromatic N) is 2. The first-order valence-electron chi connectivity index (χ1n) is 8.92. The molecule has 142 valence electrons. The standard InChI is InChI=1S/C21H18ClN3O2S/c22-16-8-6-15(7-9-16)11-19-23-17(13-28-19)12-25-20(26)18(24-21(25)27)10-14-4-2-1-3-5-14/h1-9,13,18H,10-12H2,(H,24,27)/t18-/m0/s1. The number of imide groups is 1. The number of hydrogen-bond acceptors (Lipinski definition) is 4. The first-order valence-corrected chi connectivity index (χ1v) is 10.2. The van der Waals surface area contributed by atoms with Crippen LogP contribution in [0.5, 0.6) is 0 Å².